The average Bonchev–Trinajstić information content (AvgIpc) is 3.65. The molecule has 4 atom stereocenters. The van der Waals surface area contributed by atoms with Gasteiger partial charge in [0.1, 0.15) is 16.0 Å². The van der Waals surface area contributed by atoms with Gasteiger partial charge in [0.25, 0.3) is 11.8 Å². The molecule has 0 aliphatic carbocycles. The van der Waals surface area contributed by atoms with Crippen molar-refractivity contribution in [1.82, 2.24) is 25.6 Å². The van der Waals surface area contributed by atoms with Crippen LogP contribution in [0.2, 0.25) is 0 Å². The zero-order valence-electron chi connectivity index (χ0n) is 24.6. The Morgan fingerprint density at radius 2 is 1.48 bits per heavy atom. The second-order valence-electron chi connectivity index (χ2n) is 10.2. The number of primary amides is 1. The maximum Gasteiger partial charge on any atom is 0.263 e. The highest BCUT2D eigenvalue weighted by atomic mass is 32.1. The molecule has 0 spiro atoms. The van der Waals surface area contributed by atoms with E-state index in [2.05, 4.69) is 20.6 Å². The molecule has 0 aromatic carbocycles. The average molecular weight is 638 g/mol. The summed E-state index contributed by atoms with van der Waals surface area (Å²) in [6.07, 6.45) is 3.77. The molecule has 12 nitrogen and oxygen atoms in total. The first kappa shape index (κ1) is 34.1. The van der Waals surface area contributed by atoms with E-state index < -0.39 is 24.2 Å². The van der Waals surface area contributed by atoms with Gasteiger partial charge in [0.05, 0.1) is 49.1 Å². The number of aryl methyl sites for hydroxylation is 3. The lowest BCUT2D eigenvalue weighted by molar-refractivity contribution is 0.0933. The molecule has 3 aromatic heterocycles. The molecule has 15 heteroatoms. The van der Waals surface area contributed by atoms with Gasteiger partial charge in [-0.3, -0.25) is 14.9 Å². The number of rotatable bonds is 17. The molecule has 0 radical (unpaired) electrons. The Morgan fingerprint density at radius 3 is 2.14 bits per heavy atom. The predicted octanol–water partition coefficient (Wildman–Crippen LogP) is 3.01. The normalized spacial score (nSPS) is 14.5. The number of carbonyl (C=O) groups excluding carboxylic acids is 2. The number of hydrogen-bond donors (Lipinski definition) is 7. The standard InChI is InChI=1S/C27H43N9O3S3/c1-13(19-22(25(31)37)40-15(3)34-19)32-26(38)23-20(36-18(42-23)10-6-8-12-29)14(2)33-27(39)24-21(35-16(4)41-24)17(30)9-5-7-11-28/h13-14,17,27,33,39H,5-12,28-30H2,1-4H3,(H2,31,37)(H,32,38)/t13-,14-,17-,27?/m0/s1. The molecule has 3 heterocycles. The molecule has 0 saturated heterocycles. The Morgan fingerprint density at radius 1 is 0.857 bits per heavy atom. The van der Waals surface area contributed by atoms with Gasteiger partial charge in [0.2, 0.25) is 0 Å². The Hall–Kier alpha value is -2.37. The van der Waals surface area contributed by atoms with Crippen LogP contribution in [0.3, 0.4) is 0 Å². The minimum absolute atomic E-state index is 0.320. The van der Waals surface area contributed by atoms with E-state index >= 15 is 0 Å². The van der Waals surface area contributed by atoms with Crippen molar-refractivity contribution in [2.45, 2.75) is 90.6 Å². The van der Waals surface area contributed by atoms with Crippen molar-refractivity contribution < 1.29 is 14.7 Å². The lowest BCUT2D eigenvalue weighted by Crippen LogP contribution is -2.31. The summed E-state index contributed by atoms with van der Waals surface area (Å²) < 4.78 is 0. The largest absolute Gasteiger partial charge is 0.373 e. The second kappa shape index (κ2) is 15.9. The van der Waals surface area contributed by atoms with Gasteiger partial charge in [-0.25, -0.2) is 15.0 Å². The third kappa shape index (κ3) is 8.83. The lowest BCUT2D eigenvalue weighted by atomic mass is 10.1. The van der Waals surface area contributed by atoms with Crippen molar-refractivity contribution in [2.75, 3.05) is 13.1 Å². The highest BCUT2D eigenvalue weighted by molar-refractivity contribution is 7.14. The van der Waals surface area contributed by atoms with E-state index in [0.717, 1.165) is 35.7 Å². The van der Waals surface area contributed by atoms with E-state index in [4.69, 9.17) is 27.9 Å². The van der Waals surface area contributed by atoms with Crippen molar-refractivity contribution in [3.8, 4) is 0 Å². The van der Waals surface area contributed by atoms with E-state index in [1.807, 2.05) is 13.8 Å². The summed E-state index contributed by atoms with van der Waals surface area (Å²) in [5.74, 6) is -0.929. The summed E-state index contributed by atoms with van der Waals surface area (Å²) >= 11 is 3.90. The highest BCUT2D eigenvalue weighted by Crippen LogP contribution is 2.33. The van der Waals surface area contributed by atoms with Crippen molar-refractivity contribution >= 4 is 45.8 Å². The summed E-state index contributed by atoms with van der Waals surface area (Å²) in [4.78, 5) is 40.7. The topological polar surface area (TPSA) is 221 Å². The van der Waals surface area contributed by atoms with Gasteiger partial charge < -0.3 is 33.4 Å². The van der Waals surface area contributed by atoms with Crippen molar-refractivity contribution in [3.63, 3.8) is 0 Å². The quantitative estimate of drug-likeness (QED) is 0.0846. The SMILES string of the molecule is Cc1nc([C@H](C)NC(=O)c2sc(CCCCN)nc2[C@H](C)NC(O)c2sc(C)nc2[C@@H](N)CCCCN)c(C(N)=O)s1. The Balaban J connectivity index is 1.84. The first-order chi connectivity index (χ1) is 20.0. The maximum atomic E-state index is 13.6. The first-order valence-electron chi connectivity index (χ1n) is 14.1. The van der Waals surface area contributed by atoms with E-state index in [-0.39, 0.29) is 11.9 Å². The summed E-state index contributed by atoms with van der Waals surface area (Å²) in [5, 5.41) is 19.7. The van der Waals surface area contributed by atoms with E-state index in [0.29, 0.717) is 62.7 Å². The Labute approximate surface area is 258 Å². The fourth-order valence-corrected chi connectivity index (χ4v) is 7.48. The van der Waals surface area contributed by atoms with Gasteiger partial charge in [0, 0.05) is 6.04 Å². The monoisotopic (exact) mass is 637 g/mol. The molecule has 2 amide bonds. The van der Waals surface area contributed by atoms with Gasteiger partial charge in [-0.2, -0.15) is 0 Å². The van der Waals surface area contributed by atoms with E-state index in [1.165, 1.54) is 34.0 Å². The van der Waals surface area contributed by atoms with Crippen molar-refractivity contribution in [3.05, 3.63) is 46.7 Å². The summed E-state index contributed by atoms with van der Waals surface area (Å²) in [6.45, 7) is 8.46. The fourth-order valence-electron chi connectivity index (χ4n) is 4.56. The molecule has 0 aliphatic rings. The van der Waals surface area contributed by atoms with Crippen LogP contribution in [0.5, 0.6) is 0 Å². The maximum absolute atomic E-state index is 13.6. The molecule has 1 unspecified atom stereocenters. The molecular formula is C27H43N9O3S3. The molecule has 11 N–H and O–H groups in total. The Kier molecular flexibility index (Phi) is 12.9. The number of aromatic nitrogens is 3. The third-order valence-electron chi connectivity index (χ3n) is 6.67. The summed E-state index contributed by atoms with van der Waals surface area (Å²) in [7, 11) is 0. The van der Waals surface area contributed by atoms with Crippen LogP contribution in [-0.4, -0.2) is 45.0 Å². The molecule has 0 fully saturated rings. The molecule has 3 rings (SSSR count). The van der Waals surface area contributed by atoms with E-state index in [1.54, 1.807) is 13.8 Å². The van der Waals surface area contributed by atoms with Gasteiger partial charge >= 0.3 is 0 Å². The summed E-state index contributed by atoms with van der Waals surface area (Å²) in [6, 6.07) is -1.36. The number of unbranched alkanes of at least 4 members (excludes halogenated alkanes) is 2. The minimum Gasteiger partial charge on any atom is -0.373 e. The van der Waals surface area contributed by atoms with Crippen LogP contribution in [0.1, 0.15) is 127 Å². The van der Waals surface area contributed by atoms with Gasteiger partial charge in [0.15, 0.2) is 0 Å². The van der Waals surface area contributed by atoms with Crippen LogP contribution >= 0.6 is 34.0 Å². The zero-order valence-corrected chi connectivity index (χ0v) is 27.1. The number of aliphatic hydroxyl groups excluding tert-OH is 1. The van der Waals surface area contributed by atoms with Gasteiger partial charge in [-0.1, -0.05) is 6.42 Å². The molecule has 0 aliphatic heterocycles. The third-order valence-corrected chi connectivity index (χ3v) is 9.84. The van der Waals surface area contributed by atoms with Crippen LogP contribution in [0.4, 0.5) is 0 Å². The fraction of sp³-hybridized carbons (Fsp3) is 0.593. The smallest absolute Gasteiger partial charge is 0.263 e. The van der Waals surface area contributed by atoms with Crippen LogP contribution in [0.25, 0.3) is 0 Å². The summed E-state index contributed by atoms with van der Waals surface area (Å²) in [5.41, 5.74) is 24.9. The number of amides is 2. The second-order valence-corrected chi connectivity index (χ2v) is 13.8. The predicted molar refractivity (Wildman–Crippen MR) is 169 cm³/mol. The number of thiazole rings is 3. The number of hydrogen-bond acceptors (Lipinski definition) is 13. The van der Waals surface area contributed by atoms with Crippen LogP contribution in [0.15, 0.2) is 0 Å². The van der Waals surface area contributed by atoms with Crippen molar-refractivity contribution in [1.29, 1.82) is 0 Å². The molecule has 3 aromatic rings. The molecule has 0 saturated carbocycles. The number of nitrogens with one attached hydrogen (secondary N) is 2. The molecule has 0 bridgehead atoms. The first-order valence-corrected chi connectivity index (χ1v) is 16.6. The molecular weight excluding hydrogens is 595 g/mol. The van der Waals surface area contributed by atoms with Gasteiger partial charge in [-0.15, -0.1) is 34.0 Å². The Bertz CT molecular complexity index is 1340. The number of nitrogens with zero attached hydrogens (tertiary/aromatic N) is 3. The van der Waals surface area contributed by atoms with Crippen LogP contribution < -0.4 is 33.6 Å². The van der Waals surface area contributed by atoms with Crippen LogP contribution in [0, 0.1) is 13.8 Å². The minimum atomic E-state index is -1.06. The number of nitrogens with two attached hydrogens (primary N) is 4. The van der Waals surface area contributed by atoms with Crippen molar-refractivity contribution in [2.24, 2.45) is 22.9 Å². The molecule has 232 valence electrons. The number of carbonyl (C=O) groups is 2. The number of aliphatic hydroxyl groups is 1. The molecule has 42 heavy (non-hydrogen) atoms. The van der Waals surface area contributed by atoms with Crippen LogP contribution in [-0.2, 0) is 6.42 Å². The zero-order chi connectivity index (χ0) is 31.0. The highest BCUT2D eigenvalue weighted by Gasteiger charge is 2.29. The van der Waals surface area contributed by atoms with E-state index in [9.17, 15) is 14.7 Å². The lowest BCUT2D eigenvalue weighted by Gasteiger charge is -2.20. The van der Waals surface area contributed by atoms with Gasteiger partial charge in [-0.05, 0) is 72.9 Å².